The molecular weight excluding hydrogens is 536 g/mol. The fraction of sp³-hybridized carbons (Fsp3) is 0.189. The monoisotopic (exact) mass is 568 g/mol. The number of hydrogen-bond acceptors (Lipinski definition) is 2. The fourth-order valence-electron chi connectivity index (χ4n) is 7.09. The van der Waals surface area contributed by atoms with Crippen molar-refractivity contribution in [2.45, 2.75) is 49.8 Å². The van der Waals surface area contributed by atoms with E-state index in [9.17, 15) is 8.42 Å². The zero-order chi connectivity index (χ0) is 28.4. The van der Waals surface area contributed by atoms with E-state index < -0.39 is 10.0 Å². The van der Waals surface area contributed by atoms with Crippen molar-refractivity contribution in [1.29, 1.82) is 0 Å². The van der Waals surface area contributed by atoms with E-state index in [4.69, 9.17) is 0 Å². The molecule has 8 rings (SSSR count). The molecule has 5 heteroatoms. The topological polar surface area (TPSA) is 44.0 Å². The first kappa shape index (κ1) is 25.4. The molecule has 0 unspecified atom stereocenters. The number of nitrogens with zero attached hydrogens (tertiary/aromatic N) is 2. The summed E-state index contributed by atoms with van der Waals surface area (Å²) >= 11 is 0. The normalized spacial score (nSPS) is 14.9. The van der Waals surface area contributed by atoms with Crippen LogP contribution < -0.4 is 0 Å². The molecule has 1 saturated carbocycles. The van der Waals surface area contributed by atoms with Crippen LogP contribution in [0.25, 0.3) is 49.3 Å². The van der Waals surface area contributed by atoms with Crippen LogP contribution in [0.2, 0.25) is 0 Å². The lowest BCUT2D eigenvalue weighted by Gasteiger charge is -2.22. The number of aromatic nitrogens is 2. The molecule has 4 nitrogen and oxygen atoms in total. The molecule has 0 N–H and O–H groups in total. The molecule has 0 bridgehead atoms. The molecule has 1 fully saturated rings. The van der Waals surface area contributed by atoms with E-state index in [1.807, 2.05) is 43.3 Å². The molecule has 7 aromatic rings. The van der Waals surface area contributed by atoms with E-state index in [2.05, 4.69) is 65.2 Å². The Morgan fingerprint density at radius 2 is 1.21 bits per heavy atom. The van der Waals surface area contributed by atoms with E-state index in [1.54, 1.807) is 12.1 Å². The lowest BCUT2D eigenvalue weighted by Crippen LogP contribution is -2.13. The summed E-state index contributed by atoms with van der Waals surface area (Å²) in [6.45, 7) is 1.97. The summed E-state index contributed by atoms with van der Waals surface area (Å²) in [4.78, 5) is 0.287. The Morgan fingerprint density at radius 1 is 0.595 bits per heavy atom. The van der Waals surface area contributed by atoms with Crippen LogP contribution in [-0.4, -0.2) is 17.0 Å². The van der Waals surface area contributed by atoms with Gasteiger partial charge in [0.1, 0.15) is 0 Å². The van der Waals surface area contributed by atoms with Crippen LogP contribution in [0.3, 0.4) is 0 Å². The minimum atomic E-state index is -3.85. The highest BCUT2D eigenvalue weighted by Gasteiger charge is 2.24. The van der Waals surface area contributed by atoms with Gasteiger partial charge in [-0.15, -0.1) is 0 Å². The maximum Gasteiger partial charge on any atom is 0.268 e. The molecule has 208 valence electrons. The number of hydrogen-bond donors (Lipinski definition) is 0. The molecular formula is C37H32N2O2S. The third-order valence-corrected chi connectivity index (χ3v) is 10.9. The lowest BCUT2D eigenvalue weighted by molar-refractivity contribution is 0.444. The molecule has 0 aliphatic heterocycles. The Bertz CT molecular complexity index is 2250. The molecule has 2 heterocycles. The summed E-state index contributed by atoms with van der Waals surface area (Å²) in [5.41, 5.74) is 7.05. The van der Waals surface area contributed by atoms with Gasteiger partial charge in [-0.1, -0.05) is 91.6 Å². The van der Waals surface area contributed by atoms with Gasteiger partial charge in [0, 0.05) is 27.2 Å². The van der Waals surface area contributed by atoms with Crippen molar-refractivity contribution in [3.63, 3.8) is 0 Å². The molecule has 2 aromatic heterocycles. The molecule has 0 amide bonds. The van der Waals surface area contributed by atoms with Gasteiger partial charge in [0.15, 0.2) is 0 Å². The van der Waals surface area contributed by atoms with Crippen LogP contribution in [0.1, 0.15) is 49.1 Å². The molecule has 0 radical (unpaired) electrons. The Labute approximate surface area is 245 Å². The summed E-state index contributed by atoms with van der Waals surface area (Å²) in [5, 5.41) is 4.28. The summed E-state index contributed by atoms with van der Waals surface area (Å²) < 4.78 is 32.3. The first-order valence-corrected chi connectivity index (χ1v) is 16.3. The van der Waals surface area contributed by atoms with Crippen molar-refractivity contribution in [3.05, 3.63) is 120 Å². The molecule has 5 aromatic carbocycles. The fourth-order valence-corrected chi connectivity index (χ4v) is 8.61. The average molecular weight is 569 g/mol. The summed E-state index contributed by atoms with van der Waals surface area (Å²) in [6.07, 6.45) is 6.41. The molecule has 1 aliphatic rings. The standard InChI is InChI=1S/C37H32N2O2S/c1-25-15-19-29(20-16-25)42(40,41)39-35-14-8-6-12-31(35)33-22-18-28(24-37(33)39)38-34-13-7-5-11-30(34)32-21-17-27(23-36(32)38)26-9-3-2-4-10-26/h5-8,11-24,26H,2-4,9-10H2,1H3. The maximum absolute atomic E-state index is 14.2. The number of rotatable bonds is 4. The van der Waals surface area contributed by atoms with Gasteiger partial charge in [0.05, 0.1) is 27.0 Å². The van der Waals surface area contributed by atoms with Gasteiger partial charge in [-0.3, -0.25) is 0 Å². The largest absolute Gasteiger partial charge is 0.309 e. The zero-order valence-corrected chi connectivity index (χ0v) is 24.4. The average Bonchev–Trinajstić information content (AvgIpc) is 3.54. The lowest BCUT2D eigenvalue weighted by atomic mass is 9.84. The summed E-state index contributed by atoms with van der Waals surface area (Å²) in [5.74, 6) is 0.597. The van der Waals surface area contributed by atoms with Crippen LogP contribution in [0, 0.1) is 6.92 Å². The number of fused-ring (bicyclic) bond motifs is 6. The van der Waals surface area contributed by atoms with Gasteiger partial charge in [-0.05, 0) is 73.7 Å². The molecule has 0 spiro atoms. The highest BCUT2D eigenvalue weighted by atomic mass is 32.2. The van der Waals surface area contributed by atoms with E-state index in [-0.39, 0.29) is 4.90 Å². The van der Waals surface area contributed by atoms with Gasteiger partial charge < -0.3 is 4.57 Å². The first-order chi connectivity index (χ1) is 20.5. The van der Waals surface area contributed by atoms with E-state index in [0.29, 0.717) is 17.0 Å². The van der Waals surface area contributed by atoms with Crippen molar-refractivity contribution in [2.24, 2.45) is 0 Å². The molecule has 0 saturated heterocycles. The van der Waals surface area contributed by atoms with E-state index in [1.165, 1.54) is 57.9 Å². The number of para-hydroxylation sites is 2. The third-order valence-electron chi connectivity index (χ3n) is 9.20. The SMILES string of the molecule is Cc1ccc(S(=O)(=O)n2c3ccccc3c3ccc(-n4c5ccccc5c5ccc(C6CCCCC6)cc54)cc32)cc1. The van der Waals surface area contributed by atoms with Crippen LogP contribution >= 0.6 is 0 Å². The minimum Gasteiger partial charge on any atom is -0.309 e. The summed E-state index contributed by atoms with van der Waals surface area (Å²) in [7, 11) is -3.85. The highest BCUT2D eigenvalue weighted by Crippen LogP contribution is 2.39. The van der Waals surface area contributed by atoms with Crippen molar-refractivity contribution in [3.8, 4) is 5.69 Å². The van der Waals surface area contributed by atoms with Crippen molar-refractivity contribution >= 4 is 53.6 Å². The maximum atomic E-state index is 14.2. The van der Waals surface area contributed by atoms with E-state index >= 15 is 0 Å². The van der Waals surface area contributed by atoms with Crippen molar-refractivity contribution < 1.29 is 8.42 Å². The minimum absolute atomic E-state index is 0.287. The Morgan fingerprint density at radius 3 is 1.98 bits per heavy atom. The predicted molar refractivity (Wildman–Crippen MR) is 173 cm³/mol. The van der Waals surface area contributed by atoms with Gasteiger partial charge in [0.2, 0.25) is 0 Å². The Hall–Kier alpha value is -4.35. The second-order valence-electron chi connectivity index (χ2n) is 11.8. The third kappa shape index (κ3) is 3.83. The second-order valence-corrected chi connectivity index (χ2v) is 13.6. The molecule has 1 aliphatic carbocycles. The zero-order valence-electron chi connectivity index (χ0n) is 23.6. The van der Waals surface area contributed by atoms with Crippen molar-refractivity contribution in [1.82, 2.24) is 8.54 Å². The van der Waals surface area contributed by atoms with Crippen LogP contribution in [0.15, 0.2) is 114 Å². The van der Waals surface area contributed by atoms with Crippen LogP contribution in [0.4, 0.5) is 0 Å². The van der Waals surface area contributed by atoms with Gasteiger partial charge in [0.25, 0.3) is 10.0 Å². The van der Waals surface area contributed by atoms with Gasteiger partial charge in [-0.25, -0.2) is 12.4 Å². The second kappa shape index (κ2) is 9.60. The van der Waals surface area contributed by atoms with Crippen LogP contribution in [-0.2, 0) is 10.0 Å². The van der Waals surface area contributed by atoms with Gasteiger partial charge in [-0.2, -0.15) is 0 Å². The predicted octanol–water partition coefficient (Wildman–Crippen LogP) is 9.48. The first-order valence-electron chi connectivity index (χ1n) is 14.9. The summed E-state index contributed by atoms with van der Waals surface area (Å²) in [6, 6.07) is 36.7. The Balaban J connectivity index is 1.41. The molecule has 0 atom stereocenters. The van der Waals surface area contributed by atoms with Gasteiger partial charge >= 0.3 is 0 Å². The van der Waals surface area contributed by atoms with Crippen LogP contribution in [0.5, 0.6) is 0 Å². The smallest absolute Gasteiger partial charge is 0.268 e. The Kier molecular flexibility index (Phi) is 5.80. The van der Waals surface area contributed by atoms with E-state index in [0.717, 1.165) is 27.5 Å². The van der Waals surface area contributed by atoms with Crippen molar-refractivity contribution in [2.75, 3.05) is 0 Å². The number of aryl methyl sites for hydroxylation is 1. The quantitative estimate of drug-likeness (QED) is 0.212. The number of benzene rings is 5. The molecule has 42 heavy (non-hydrogen) atoms. The highest BCUT2D eigenvalue weighted by molar-refractivity contribution is 7.90.